The smallest absolute Gasteiger partial charge is 0.151 e. The van der Waals surface area contributed by atoms with Crippen LogP contribution in [0, 0.1) is 0 Å². The van der Waals surface area contributed by atoms with Gasteiger partial charge in [-0.1, -0.05) is 35.9 Å². The van der Waals surface area contributed by atoms with E-state index in [1.807, 2.05) is 66.7 Å². The minimum Gasteiger partial charge on any atom is -0.495 e. The zero-order chi connectivity index (χ0) is 15.8. The lowest BCUT2D eigenvalue weighted by Crippen LogP contribution is -2.15. The van der Waals surface area contributed by atoms with Crippen LogP contribution in [-0.2, 0) is 0 Å². The maximum Gasteiger partial charge on any atom is 0.151 e. The second-order valence-corrected chi connectivity index (χ2v) is 5.60. The summed E-state index contributed by atoms with van der Waals surface area (Å²) in [5, 5.41) is 0.575. The first kappa shape index (κ1) is 14.0. The van der Waals surface area contributed by atoms with E-state index in [1.54, 1.807) is 7.11 Å². The Morgan fingerprint density at radius 1 is 0.870 bits per heavy atom. The summed E-state index contributed by atoms with van der Waals surface area (Å²) in [5.41, 5.74) is 2.92. The van der Waals surface area contributed by atoms with Crippen LogP contribution < -0.4 is 14.4 Å². The van der Waals surface area contributed by atoms with Crippen molar-refractivity contribution < 1.29 is 9.47 Å². The van der Waals surface area contributed by atoms with E-state index in [9.17, 15) is 0 Å². The Kier molecular flexibility index (Phi) is 3.36. The molecule has 0 fully saturated rings. The van der Waals surface area contributed by atoms with Crippen LogP contribution in [0.2, 0.25) is 5.02 Å². The lowest BCUT2D eigenvalue weighted by atomic mass is 10.1. The van der Waals surface area contributed by atoms with Crippen molar-refractivity contribution in [3.8, 4) is 17.2 Å². The zero-order valence-electron chi connectivity index (χ0n) is 12.5. The summed E-state index contributed by atoms with van der Waals surface area (Å²) >= 11 is 6.32. The summed E-state index contributed by atoms with van der Waals surface area (Å²) < 4.78 is 11.3. The number of halogens is 1. The van der Waals surface area contributed by atoms with E-state index in [1.165, 1.54) is 0 Å². The number of hydrogen-bond acceptors (Lipinski definition) is 3. The molecule has 0 amide bonds. The van der Waals surface area contributed by atoms with Gasteiger partial charge in [0.2, 0.25) is 0 Å². The summed E-state index contributed by atoms with van der Waals surface area (Å²) in [6.07, 6.45) is 0. The molecule has 4 heteroatoms. The van der Waals surface area contributed by atoms with E-state index < -0.39 is 0 Å². The van der Waals surface area contributed by atoms with Crippen molar-refractivity contribution >= 4 is 28.7 Å². The van der Waals surface area contributed by atoms with Crippen LogP contribution >= 0.6 is 11.6 Å². The fourth-order valence-corrected chi connectivity index (χ4v) is 3.03. The number of hydrogen-bond donors (Lipinski definition) is 0. The van der Waals surface area contributed by atoms with Gasteiger partial charge in [-0.15, -0.1) is 0 Å². The highest BCUT2D eigenvalue weighted by molar-refractivity contribution is 6.32. The van der Waals surface area contributed by atoms with E-state index in [0.717, 1.165) is 28.6 Å². The minimum absolute atomic E-state index is 0.575. The van der Waals surface area contributed by atoms with Crippen molar-refractivity contribution in [2.75, 3.05) is 12.0 Å². The highest BCUT2D eigenvalue weighted by Crippen LogP contribution is 2.50. The second-order valence-electron chi connectivity index (χ2n) is 5.19. The van der Waals surface area contributed by atoms with E-state index in [4.69, 9.17) is 21.1 Å². The van der Waals surface area contributed by atoms with Gasteiger partial charge in [-0.05, 0) is 42.5 Å². The summed E-state index contributed by atoms with van der Waals surface area (Å²) in [7, 11) is 1.61. The number of methoxy groups -OCH3 is 1. The molecule has 0 N–H and O–H groups in total. The molecule has 3 aromatic carbocycles. The molecule has 0 saturated carbocycles. The molecule has 0 bridgehead atoms. The molecule has 1 heterocycles. The molecule has 0 spiro atoms. The summed E-state index contributed by atoms with van der Waals surface area (Å²) in [6.45, 7) is 0. The fraction of sp³-hybridized carbons (Fsp3) is 0.0526. The van der Waals surface area contributed by atoms with Gasteiger partial charge in [-0.3, -0.25) is 0 Å². The van der Waals surface area contributed by atoms with Gasteiger partial charge in [-0.2, -0.15) is 0 Å². The Balaban J connectivity index is 1.92. The van der Waals surface area contributed by atoms with Crippen LogP contribution in [0.15, 0.2) is 66.7 Å². The van der Waals surface area contributed by atoms with Crippen LogP contribution in [0.3, 0.4) is 0 Å². The van der Waals surface area contributed by atoms with Crippen molar-refractivity contribution in [3.05, 3.63) is 71.8 Å². The first-order valence-electron chi connectivity index (χ1n) is 7.27. The average molecular weight is 324 g/mol. The largest absolute Gasteiger partial charge is 0.495 e. The van der Waals surface area contributed by atoms with Crippen molar-refractivity contribution in [2.24, 2.45) is 0 Å². The van der Waals surface area contributed by atoms with E-state index in [2.05, 4.69) is 4.90 Å². The number of ether oxygens (including phenoxy) is 2. The third-order valence-electron chi connectivity index (χ3n) is 3.83. The van der Waals surface area contributed by atoms with Gasteiger partial charge in [0.1, 0.15) is 5.75 Å². The van der Waals surface area contributed by atoms with Crippen LogP contribution in [0.4, 0.5) is 17.1 Å². The van der Waals surface area contributed by atoms with Gasteiger partial charge in [0.05, 0.1) is 23.5 Å². The van der Waals surface area contributed by atoms with Crippen LogP contribution in [0.1, 0.15) is 0 Å². The first-order valence-corrected chi connectivity index (χ1v) is 7.65. The molecule has 1 aliphatic heterocycles. The predicted molar refractivity (Wildman–Crippen MR) is 92.8 cm³/mol. The highest BCUT2D eigenvalue weighted by atomic mass is 35.5. The Morgan fingerprint density at radius 2 is 1.48 bits per heavy atom. The van der Waals surface area contributed by atoms with Crippen molar-refractivity contribution in [1.29, 1.82) is 0 Å². The summed E-state index contributed by atoms with van der Waals surface area (Å²) in [5.74, 6) is 2.29. The third kappa shape index (κ3) is 2.30. The highest BCUT2D eigenvalue weighted by Gasteiger charge is 2.25. The van der Waals surface area contributed by atoms with E-state index in [0.29, 0.717) is 10.8 Å². The van der Waals surface area contributed by atoms with Gasteiger partial charge in [0, 0.05) is 5.69 Å². The van der Waals surface area contributed by atoms with Crippen molar-refractivity contribution in [2.45, 2.75) is 0 Å². The molecule has 3 nitrogen and oxygen atoms in total. The van der Waals surface area contributed by atoms with E-state index in [-0.39, 0.29) is 0 Å². The topological polar surface area (TPSA) is 21.7 Å². The van der Waals surface area contributed by atoms with Gasteiger partial charge in [0.15, 0.2) is 11.5 Å². The Morgan fingerprint density at radius 3 is 2.04 bits per heavy atom. The number of nitrogens with zero attached hydrogens (tertiary/aromatic N) is 1. The number of para-hydroxylation sites is 4. The average Bonchev–Trinajstić information content (AvgIpc) is 2.59. The zero-order valence-corrected chi connectivity index (χ0v) is 13.2. The molecule has 0 saturated heterocycles. The third-order valence-corrected chi connectivity index (χ3v) is 4.12. The molecule has 0 radical (unpaired) electrons. The van der Waals surface area contributed by atoms with Crippen LogP contribution in [-0.4, -0.2) is 7.11 Å². The van der Waals surface area contributed by atoms with E-state index >= 15 is 0 Å². The fourth-order valence-electron chi connectivity index (χ4n) is 2.78. The maximum absolute atomic E-state index is 6.32. The maximum atomic E-state index is 6.32. The van der Waals surface area contributed by atoms with Crippen molar-refractivity contribution in [3.63, 3.8) is 0 Å². The van der Waals surface area contributed by atoms with Crippen LogP contribution in [0.5, 0.6) is 17.2 Å². The quantitative estimate of drug-likeness (QED) is 0.456. The molecular formula is C19H14ClNO2. The van der Waals surface area contributed by atoms with Crippen molar-refractivity contribution in [1.82, 2.24) is 0 Å². The summed E-state index contributed by atoms with van der Waals surface area (Å²) in [6, 6.07) is 21.7. The normalized spacial score (nSPS) is 12.2. The molecule has 0 aliphatic carbocycles. The molecule has 114 valence electrons. The molecule has 3 aromatic rings. The Hall–Kier alpha value is -2.65. The first-order chi connectivity index (χ1) is 11.3. The monoisotopic (exact) mass is 323 g/mol. The molecule has 23 heavy (non-hydrogen) atoms. The number of fused-ring (bicyclic) bond motifs is 2. The van der Waals surface area contributed by atoms with Gasteiger partial charge in [0.25, 0.3) is 0 Å². The second kappa shape index (κ2) is 5.52. The van der Waals surface area contributed by atoms with Gasteiger partial charge in [-0.25, -0.2) is 0 Å². The predicted octanol–water partition coefficient (Wildman–Crippen LogP) is 5.92. The SMILES string of the molecule is COc1ccc(N2c3ccccc3Oc3ccccc32)cc1Cl. The van der Waals surface area contributed by atoms with Gasteiger partial charge < -0.3 is 14.4 Å². The lowest BCUT2D eigenvalue weighted by Gasteiger charge is -2.32. The van der Waals surface area contributed by atoms with Crippen LogP contribution in [0.25, 0.3) is 0 Å². The van der Waals surface area contributed by atoms with Gasteiger partial charge >= 0.3 is 0 Å². The number of rotatable bonds is 2. The Labute approximate surface area is 139 Å². The number of anilines is 3. The Bertz CT molecular complexity index is 833. The molecule has 1 aliphatic rings. The molecule has 0 unspecified atom stereocenters. The molecule has 0 aromatic heterocycles. The minimum atomic E-state index is 0.575. The standard InChI is InChI=1S/C19H14ClNO2/c1-22-17-11-10-13(12-14(17)20)21-15-6-2-4-8-18(15)23-19-9-5-3-7-16(19)21/h2-12H,1H3. The molecule has 0 atom stereocenters. The lowest BCUT2D eigenvalue weighted by molar-refractivity contribution is 0.415. The molecule has 4 rings (SSSR count). The summed E-state index contributed by atoms with van der Waals surface area (Å²) in [4.78, 5) is 2.14. The molecular weight excluding hydrogens is 310 g/mol. The number of benzene rings is 3.